The number of fused-ring (bicyclic) bond motifs is 2. The lowest BCUT2D eigenvalue weighted by Gasteiger charge is -2.58. The van der Waals surface area contributed by atoms with E-state index in [1.165, 1.54) is 19.8 Å². The topological polar surface area (TPSA) is 78.9 Å². The summed E-state index contributed by atoms with van der Waals surface area (Å²) in [6.07, 6.45) is 5.33. The number of amides is 1. The van der Waals surface area contributed by atoms with Crippen LogP contribution >= 0.6 is 0 Å². The molecule has 2 saturated carbocycles. The molecule has 0 radical (unpaired) electrons. The molecule has 1 saturated heterocycles. The monoisotopic (exact) mass is 512 g/mol. The van der Waals surface area contributed by atoms with Crippen molar-refractivity contribution >= 4 is 22.6 Å². The summed E-state index contributed by atoms with van der Waals surface area (Å²) in [5, 5.41) is 17.7. The van der Waals surface area contributed by atoms with Gasteiger partial charge in [-0.3, -0.25) is 9.59 Å². The SMILES string of the molecule is CC(=O)Oc1cccc(C23CCN(CC4CC4)CC2(O)CCC(NC(=O)c2ccc4ccccc4c2)C3)c1. The zero-order chi connectivity index (χ0) is 26.3. The second-order valence-electron chi connectivity index (χ2n) is 11.6. The molecule has 6 nitrogen and oxygen atoms in total. The second-order valence-corrected chi connectivity index (χ2v) is 11.6. The normalized spacial score (nSPS) is 27.5. The summed E-state index contributed by atoms with van der Waals surface area (Å²) in [6.45, 7) is 3.99. The number of likely N-dealkylation sites (tertiary alicyclic amines) is 1. The molecule has 3 aromatic rings. The summed E-state index contributed by atoms with van der Waals surface area (Å²) in [6, 6.07) is 21.4. The van der Waals surface area contributed by atoms with Crippen LogP contribution in [0.1, 0.15) is 61.4 Å². The summed E-state index contributed by atoms with van der Waals surface area (Å²) in [4.78, 5) is 27.4. The van der Waals surface area contributed by atoms with Crippen molar-refractivity contribution in [1.82, 2.24) is 10.2 Å². The standard InChI is InChI=1S/C32H36N2O4/c1-22(35)38-29-8-4-7-27(18-29)31-15-16-34(20-23-9-10-23)21-32(31,37)14-13-28(19-31)33-30(36)26-12-11-24-5-2-3-6-25(24)17-26/h2-8,11-12,17-18,23,28,37H,9-10,13-16,19-21H2,1H3,(H,33,36). The fraction of sp³-hybridized carbons (Fsp3) is 0.438. The van der Waals surface area contributed by atoms with Gasteiger partial charge in [-0.15, -0.1) is 0 Å². The minimum absolute atomic E-state index is 0.0680. The highest BCUT2D eigenvalue weighted by Gasteiger charge is 2.58. The number of esters is 1. The number of ether oxygens (including phenoxy) is 1. The Kier molecular flexibility index (Phi) is 6.48. The molecule has 6 heteroatoms. The number of aliphatic hydroxyl groups is 1. The van der Waals surface area contributed by atoms with Gasteiger partial charge in [0.2, 0.25) is 0 Å². The maximum atomic E-state index is 13.4. The largest absolute Gasteiger partial charge is 0.427 e. The Hall–Kier alpha value is -3.22. The summed E-state index contributed by atoms with van der Waals surface area (Å²) in [5.41, 5.74) is 0.172. The zero-order valence-electron chi connectivity index (χ0n) is 22.0. The van der Waals surface area contributed by atoms with Crippen molar-refractivity contribution in [1.29, 1.82) is 0 Å². The van der Waals surface area contributed by atoms with Crippen molar-refractivity contribution in [2.24, 2.45) is 5.92 Å². The van der Waals surface area contributed by atoms with Gasteiger partial charge in [0.25, 0.3) is 5.91 Å². The van der Waals surface area contributed by atoms with Crippen LogP contribution in [0.5, 0.6) is 5.75 Å². The van der Waals surface area contributed by atoms with Crippen LogP contribution in [0.2, 0.25) is 0 Å². The van der Waals surface area contributed by atoms with Gasteiger partial charge in [-0.25, -0.2) is 0 Å². The number of nitrogens with one attached hydrogen (secondary N) is 1. The number of benzene rings is 3. The van der Waals surface area contributed by atoms with Crippen molar-refractivity contribution in [2.45, 2.75) is 62.5 Å². The molecule has 3 aromatic carbocycles. The summed E-state index contributed by atoms with van der Waals surface area (Å²) in [7, 11) is 0. The van der Waals surface area contributed by atoms with Crippen LogP contribution in [0.25, 0.3) is 10.8 Å². The Morgan fingerprint density at radius 2 is 1.82 bits per heavy atom. The number of rotatable bonds is 6. The lowest BCUT2D eigenvalue weighted by molar-refractivity contribution is -0.132. The van der Waals surface area contributed by atoms with Crippen LogP contribution in [0.3, 0.4) is 0 Å². The van der Waals surface area contributed by atoms with E-state index in [4.69, 9.17) is 4.74 Å². The maximum absolute atomic E-state index is 13.4. The summed E-state index contributed by atoms with van der Waals surface area (Å²) in [5.74, 6) is 0.810. The molecule has 3 atom stereocenters. The molecule has 2 aliphatic carbocycles. The van der Waals surface area contributed by atoms with Gasteiger partial charge < -0.3 is 20.1 Å². The van der Waals surface area contributed by atoms with Gasteiger partial charge in [0.05, 0.1) is 5.60 Å². The van der Waals surface area contributed by atoms with E-state index in [-0.39, 0.29) is 17.9 Å². The third-order valence-electron chi connectivity index (χ3n) is 8.94. The molecule has 3 aliphatic rings. The van der Waals surface area contributed by atoms with Crippen LogP contribution in [0.15, 0.2) is 66.7 Å². The van der Waals surface area contributed by atoms with E-state index in [1.54, 1.807) is 6.07 Å². The number of carbonyl (C=O) groups excluding carboxylic acids is 2. The van der Waals surface area contributed by atoms with Gasteiger partial charge in [0, 0.05) is 37.0 Å². The molecule has 3 unspecified atom stereocenters. The fourth-order valence-electron chi connectivity index (χ4n) is 6.83. The van der Waals surface area contributed by atoms with Crippen molar-refractivity contribution in [3.63, 3.8) is 0 Å². The van der Waals surface area contributed by atoms with Crippen LogP contribution in [0, 0.1) is 5.92 Å². The van der Waals surface area contributed by atoms with Gasteiger partial charge in [-0.2, -0.15) is 0 Å². The number of nitrogens with zero attached hydrogens (tertiary/aromatic N) is 1. The van der Waals surface area contributed by atoms with Gasteiger partial charge in [0.15, 0.2) is 0 Å². The Balaban J connectivity index is 1.28. The molecule has 6 rings (SSSR count). The molecule has 0 bridgehead atoms. The zero-order valence-corrected chi connectivity index (χ0v) is 22.0. The Labute approximate surface area is 224 Å². The lowest BCUT2D eigenvalue weighted by Crippen LogP contribution is -2.67. The smallest absolute Gasteiger partial charge is 0.308 e. The van der Waals surface area contributed by atoms with E-state index < -0.39 is 11.0 Å². The average Bonchev–Trinajstić information content (AvgIpc) is 3.72. The summed E-state index contributed by atoms with van der Waals surface area (Å²) >= 11 is 0. The Bertz CT molecular complexity index is 1370. The highest BCUT2D eigenvalue weighted by Crippen LogP contribution is 2.52. The van der Waals surface area contributed by atoms with Gasteiger partial charge in [-0.1, -0.05) is 42.5 Å². The molecular weight excluding hydrogens is 476 g/mol. The van der Waals surface area contributed by atoms with Crippen molar-refractivity contribution in [3.05, 3.63) is 77.9 Å². The van der Waals surface area contributed by atoms with Gasteiger partial charge in [0.1, 0.15) is 5.75 Å². The summed E-state index contributed by atoms with van der Waals surface area (Å²) < 4.78 is 5.42. The molecular formula is C32H36N2O4. The van der Waals surface area contributed by atoms with E-state index in [0.29, 0.717) is 30.7 Å². The molecule has 1 aliphatic heterocycles. The number of piperidine rings is 1. The van der Waals surface area contributed by atoms with E-state index >= 15 is 0 Å². The Morgan fingerprint density at radius 1 is 1.00 bits per heavy atom. The first-order valence-electron chi connectivity index (χ1n) is 13.9. The highest BCUT2D eigenvalue weighted by molar-refractivity contribution is 5.98. The molecule has 3 fully saturated rings. The maximum Gasteiger partial charge on any atom is 0.308 e. The molecule has 1 heterocycles. The predicted molar refractivity (Wildman–Crippen MR) is 147 cm³/mol. The van der Waals surface area contributed by atoms with Crippen LogP contribution in [-0.2, 0) is 10.2 Å². The minimum Gasteiger partial charge on any atom is -0.427 e. The van der Waals surface area contributed by atoms with E-state index in [0.717, 1.165) is 48.2 Å². The molecule has 1 amide bonds. The minimum atomic E-state index is -0.917. The molecule has 38 heavy (non-hydrogen) atoms. The Morgan fingerprint density at radius 3 is 2.61 bits per heavy atom. The predicted octanol–water partition coefficient (Wildman–Crippen LogP) is 4.83. The quantitative estimate of drug-likeness (QED) is 0.365. The molecule has 0 spiro atoms. The van der Waals surface area contributed by atoms with Crippen LogP contribution in [-0.4, -0.2) is 53.2 Å². The van der Waals surface area contributed by atoms with Crippen molar-refractivity contribution in [2.75, 3.05) is 19.6 Å². The third-order valence-corrected chi connectivity index (χ3v) is 8.94. The number of carbonyl (C=O) groups is 2. The molecule has 0 aromatic heterocycles. The van der Waals surface area contributed by atoms with Crippen molar-refractivity contribution < 1.29 is 19.4 Å². The first-order chi connectivity index (χ1) is 18.3. The van der Waals surface area contributed by atoms with E-state index in [9.17, 15) is 14.7 Å². The third kappa shape index (κ3) is 4.83. The van der Waals surface area contributed by atoms with Gasteiger partial charge in [-0.05, 0) is 91.6 Å². The van der Waals surface area contributed by atoms with Crippen molar-refractivity contribution in [3.8, 4) is 5.75 Å². The molecule has 198 valence electrons. The first kappa shape index (κ1) is 25.1. The second kappa shape index (κ2) is 9.83. The lowest BCUT2D eigenvalue weighted by atomic mass is 9.55. The number of β-amino-alcohol motifs (C(OH)–C–C–N with tert-alkyl or cyclic N) is 1. The molecule has 2 N–H and O–H groups in total. The van der Waals surface area contributed by atoms with Crippen LogP contribution in [0.4, 0.5) is 0 Å². The number of hydrogen-bond acceptors (Lipinski definition) is 5. The average molecular weight is 513 g/mol. The van der Waals surface area contributed by atoms with Gasteiger partial charge >= 0.3 is 5.97 Å². The van der Waals surface area contributed by atoms with E-state index in [1.807, 2.05) is 60.7 Å². The first-order valence-corrected chi connectivity index (χ1v) is 13.9. The fourth-order valence-corrected chi connectivity index (χ4v) is 6.83. The van der Waals surface area contributed by atoms with E-state index in [2.05, 4.69) is 10.2 Å². The number of hydrogen-bond donors (Lipinski definition) is 2. The van der Waals surface area contributed by atoms with Crippen LogP contribution < -0.4 is 10.1 Å². The highest BCUT2D eigenvalue weighted by atomic mass is 16.5.